The first-order chi connectivity index (χ1) is 13.5. The van der Waals surface area contributed by atoms with E-state index < -0.39 is 0 Å². The van der Waals surface area contributed by atoms with E-state index >= 15 is 0 Å². The highest BCUT2D eigenvalue weighted by molar-refractivity contribution is 6.20. The lowest BCUT2D eigenvalue weighted by Crippen LogP contribution is -2.42. The predicted molar refractivity (Wildman–Crippen MR) is 124 cm³/mol. The molecule has 4 nitrogen and oxygen atoms in total. The fourth-order valence-corrected chi connectivity index (χ4v) is 4.34. The minimum atomic E-state index is -0.0733. The van der Waals surface area contributed by atoms with Crippen molar-refractivity contribution in [1.29, 1.82) is 5.41 Å². The quantitative estimate of drug-likeness (QED) is 0.530. The number of benzene rings is 1. The Labute approximate surface area is 175 Å². The molecule has 1 N–H and O–H groups in total. The number of rotatable bonds is 3. The number of aliphatic imine (C=N–C) groups is 1. The molecule has 0 saturated carbocycles. The summed E-state index contributed by atoms with van der Waals surface area (Å²) in [5.41, 5.74) is 7.11. The van der Waals surface area contributed by atoms with E-state index in [0.717, 1.165) is 23.5 Å². The van der Waals surface area contributed by atoms with Gasteiger partial charge in [0.25, 0.3) is 0 Å². The number of nitrogens with one attached hydrogen (secondary N) is 1. The fourth-order valence-electron chi connectivity index (χ4n) is 4.34. The van der Waals surface area contributed by atoms with Crippen molar-refractivity contribution >= 4 is 17.9 Å². The lowest BCUT2D eigenvalue weighted by Gasteiger charge is -2.38. The van der Waals surface area contributed by atoms with Crippen LogP contribution in [0.5, 0.6) is 0 Å². The second-order valence-corrected chi connectivity index (χ2v) is 10.1. The molecule has 1 aliphatic heterocycles. The number of amidine groups is 1. The third-order valence-electron chi connectivity index (χ3n) is 6.00. The molecule has 2 heterocycles. The molecule has 154 valence electrons. The molecule has 1 unspecified atom stereocenters. The average molecular weight is 391 g/mol. The van der Waals surface area contributed by atoms with Gasteiger partial charge in [0.2, 0.25) is 0 Å². The number of nitrogens with zero attached hydrogens (tertiary/aromatic N) is 3. The Morgan fingerprint density at radius 2 is 1.79 bits per heavy atom. The molecule has 1 aromatic carbocycles. The minimum absolute atomic E-state index is 0.0733. The molecule has 29 heavy (non-hydrogen) atoms. The van der Waals surface area contributed by atoms with Crippen molar-refractivity contribution in [3.05, 3.63) is 58.4 Å². The molecule has 2 aromatic rings. The molecule has 0 fully saturated rings. The van der Waals surface area contributed by atoms with Gasteiger partial charge in [-0.25, -0.2) is 0 Å². The Morgan fingerprint density at radius 3 is 2.34 bits per heavy atom. The van der Waals surface area contributed by atoms with Crippen LogP contribution in [0, 0.1) is 24.7 Å². The summed E-state index contributed by atoms with van der Waals surface area (Å²) >= 11 is 0. The van der Waals surface area contributed by atoms with Crippen LogP contribution in [0.2, 0.25) is 0 Å². The summed E-state index contributed by atoms with van der Waals surface area (Å²) in [6.45, 7) is 17.7. The van der Waals surface area contributed by atoms with E-state index in [2.05, 4.69) is 78.6 Å². The molecule has 1 aromatic heterocycles. The highest BCUT2D eigenvalue weighted by Crippen LogP contribution is 2.38. The molecular formula is C25H34N4. The number of hydrogen-bond acceptors (Lipinski definition) is 3. The van der Waals surface area contributed by atoms with Crippen molar-refractivity contribution < 1.29 is 0 Å². The normalized spacial score (nSPS) is 18.1. The molecule has 1 aliphatic rings. The van der Waals surface area contributed by atoms with Gasteiger partial charge in [-0.2, -0.15) is 0 Å². The summed E-state index contributed by atoms with van der Waals surface area (Å²) in [5, 5.41) is 8.23. The first-order valence-corrected chi connectivity index (χ1v) is 10.4. The van der Waals surface area contributed by atoms with Gasteiger partial charge in [0.1, 0.15) is 5.84 Å². The Balaban J connectivity index is 2.13. The molecule has 0 aliphatic carbocycles. The lowest BCUT2D eigenvalue weighted by molar-refractivity contribution is 0.411. The molecule has 0 saturated heterocycles. The summed E-state index contributed by atoms with van der Waals surface area (Å²) in [6, 6.07) is 6.71. The molecule has 0 radical (unpaired) electrons. The van der Waals surface area contributed by atoms with Crippen LogP contribution in [0.25, 0.3) is 0 Å². The van der Waals surface area contributed by atoms with Crippen LogP contribution in [0.15, 0.2) is 35.6 Å². The van der Waals surface area contributed by atoms with Crippen molar-refractivity contribution in [3.63, 3.8) is 0 Å². The highest BCUT2D eigenvalue weighted by atomic mass is 15.2. The zero-order chi connectivity index (χ0) is 21.6. The Bertz CT molecular complexity index is 940. The van der Waals surface area contributed by atoms with E-state index in [9.17, 15) is 0 Å². The summed E-state index contributed by atoms with van der Waals surface area (Å²) < 4.78 is 0. The zero-order valence-corrected chi connectivity index (χ0v) is 19.1. The first-order valence-electron chi connectivity index (χ1n) is 10.4. The Hall–Kier alpha value is -2.49. The summed E-state index contributed by atoms with van der Waals surface area (Å²) in [6.07, 6.45) is 6.15. The van der Waals surface area contributed by atoms with Gasteiger partial charge < -0.3 is 0 Å². The smallest absolute Gasteiger partial charge is 0.142 e. The molecule has 3 rings (SSSR count). The van der Waals surface area contributed by atoms with Gasteiger partial charge in [0.15, 0.2) is 0 Å². The lowest BCUT2D eigenvalue weighted by atomic mass is 9.75. The minimum Gasteiger partial charge on any atom is -0.291 e. The number of anilines is 1. The number of pyridine rings is 1. The first kappa shape index (κ1) is 21.2. The highest BCUT2D eigenvalue weighted by Gasteiger charge is 2.37. The van der Waals surface area contributed by atoms with E-state index in [1.807, 2.05) is 17.3 Å². The maximum Gasteiger partial charge on any atom is 0.142 e. The number of aryl methyl sites for hydroxylation is 2. The second-order valence-electron chi connectivity index (χ2n) is 10.1. The third kappa shape index (κ3) is 3.98. The van der Waals surface area contributed by atoms with Gasteiger partial charge in [0.05, 0.1) is 18.1 Å². The molecule has 0 amide bonds. The van der Waals surface area contributed by atoms with E-state index in [-0.39, 0.29) is 16.9 Å². The second kappa shape index (κ2) is 7.40. The largest absolute Gasteiger partial charge is 0.291 e. The molecule has 0 bridgehead atoms. The van der Waals surface area contributed by atoms with E-state index in [4.69, 9.17) is 10.4 Å². The van der Waals surface area contributed by atoms with Crippen molar-refractivity contribution in [3.8, 4) is 0 Å². The molecule has 4 heteroatoms. The maximum absolute atomic E-state index is 8.23. The molecule has 1 atom stereocenters. The van der Waals surface area contributed by atoms with Crippen LogP contribution >= 0.6 is 0 Å². The van der Waals surface area contributed by atoms with Gasteiger partial charge in [-0.3, -0.25) is 20.3 Å². The Morgan fingerprint density at radius 1 is 1.17 bits per heavy atom. The summed E-state index contributed by atoms with van der Waals surface area (Å²) in [7, 11) is 0. The SMILES string of the molecule is Cc1cc(CC(C)(C)C)cc(C)c1N(C=N)C1=NC(C)C(C)(C)c2ccncc21. The summed E-state index contributed by atoms with van der Waals surface area (Å²) in [4.78, 5) is 11.3. The van der Waals surface area contributed by atoms with Gasteiger partial charge in [-0.05, 0) is 60.9 Å². The van der Waals surface area contributed by atoms with E-state index in [1.165, 1.54) is 28.6 Å². The molecule has 0 spiro atoms. The number of aromatic nitrogens is 1. The standard InChI is InChI=1S/C25H34N4/c1-16-11-19(13-24(4,5)6)12-17(2)22(16)29(15-26)23-20-14-27-10-9-21(20)25(7,8)18(3)28-23/h9-12,14-15,18,26H,13H2,1-8H3. The van der Waals surface area contributed by atoms with Crippen LogP contribution in [-0.2, 0) is 11.8 Å². The maximum atomic E-state index is 8.23. The predicted octanol–water partition coefficient (Wildman–Crippen LogP) is 5.83. The Kier molecular flexibility index (Phi) is 5.42. The van der Waals surface area contributed by atoms with Gasteiger partial charge in [-0.1, -0.05) is 46.8 Å². The van der Waals surface area contributed by atoms with Gasteiger partial charge in [0, 0.05) is 23.4 Å². The van der Waals surface area contributed by atoms with E-state index in [0.29, 0.717) is 0 Å². The van der Waals surface area contributed by atoms with Crippen molar-refractivity contribution in [2.75, 3.05) is 4.90 Å². The van der Waals surface area contributed by atoms with Crippen molar-refractivity contribution in [2.45, 2.75) is 73.3 Å². The number of fused-ring (bicyclic) bond motifs is 1. The van der Waals surface area contributed by atoms with Crippen LogP contribution in [-0.4, -0.2) is 23.2 Å². The van der Waals surface area contributed by atoms with Crippen LogP contribution in [0.3, 0.4) is 0 Å². The van der Waals surface area contributed by atoms with Gasteiger partial charge in [-0.15, -0.1) is 0 Å². The molecular weight excluding hydrogens is 356 g/mol. The summed E-state index contributed by atoms with van der Waals surface area (Å²) in [5.74, 6) is 0.810. The fraction of sp³-hybridized carbons (Fsp3) is 0.480. The van der Waals surface area contributed by atoms with E-state index in [1.54, 1.807) is 0 Å². The van der Waals surface area contributed by atoms with Crippen molar-refractivity contribution in [1.82, 2.24) is 4.98 Å². The monoisotopic (exact) mass is 390 g/mol. The number of hydrogen-bond donors (Lipinski definition) is 1. The van der Waals surface area contributed by atoms with Crippen LogP contribution in [0.1, 0.15) is 69.4 Å². The van der Waals surface area contributed by atoms with Crippen molar-refractivity contribution in [2.24, 2.45) is 10.4 Å². The zero-order valence-electron chi connectivity index (χ0n) is 19.1. The topological polar surface area (TPSA) is 52.3 Å². The van der Waals surface area contributed by atoms with Gasteiger partial charge >= 0.3 is 0 Å². The van der Waals surface area contributed by atoms with Crippen LogP contribution in [0.4, 0.5) is 5.69 Å². The average Bonchev–Trinajstić information content (AvgIpc) is 2.60. The third-order valence-corrected chi connectivity index (χ3v) is 6.00. The van der Waals surface area contributed by atoms with Crippen LogP contribution < -0.4 is 4.90 Å².